The van der Waals surface area contributed by atoms with Gasteiger partial charge in [0.2, 0.25) is 27.8 Å². The maximum absolute atomic E-state index is 13.1. The van der Waals surface area contributed by atoms with Crippen molar-refractivity contribution in [2.75, 3.05) is 43.8 Å². The fourth-order valence-electron chi connectivity index (χ4n) is 6.78. The van der Waals surface area contributed by atoms with Crippen molar-refractivity contribution in [1.82, 2.24) is 34.3 Å². The Hall–Kier alpha value is -3.93. The van der Waals surface area contributed by atoms with Crippen molar-refractivity contribution in [1.29, 1.82) is 5.26 Å². The van der Waals surface area contributed by atoms with Crippen LogP contribution in [0.2, 0.25) is 0 Å². The summed E-state index contributed by atoms with van der Waals surface area (Å²) in [5.74, 6) is 0.0980. The molecule has 0 radical (unpaired) electrons. The van der Waals surface area contributed by atoms with Crippen molar-refractivity contribution in [3.63, 3.8) is 0 Å². The fourth-order valence-corrected chi connectivity index (χ4v) is 8.30. The topological polar surface area (TPSA) is 166 Å². The van der Waals surface area contributed by atoms with E-state index in [0.29, 0.717) is 62.6 Å². The minimum atomic E-state index is -3.32. The molecule has 14 heteroatoms. The number of fused-ring (bicyclic) bond motifs is 1. The second-order valence-corrected chi connectivity index (χ2v) is 14.4. The van der Waals surface area contributed by atoms with Gasteiger partial charge >= 0.3 is 0 Å². The third-order valence-electron chi connectivity index (χ3n) is 9.37. The highest BCUT2D eigenvalue weighted by Crippen LogP contribution is 2.34. The van der Waals surface area contributed by atoms with Gasteiger partial charge in [-0.1, -0.05) is 12.1 Å². The zero-order valence-corrected chi connectivity index (χ0v) is 26.3. The second-order valence-electron chi connectivity index (χ2n) is 12.3. The van der Waals surface area contributed by atoms with Crippen LogP contribution in [0.4, 0.5) is 5.95 Å². The largest absolute Gasteiger partial charge is 0.351 e. The number of rotatable bonds is 9. The first-order valence-corrected chi connectivity index (χ1v) is 17.3. The molecule has 1 unspecified atom stereocenters. The molecule has 2 aromatic heterocycles. The van der Waals surface area contributed by atoms with Gasteiger partial charge in [0.15, 0.2) is 0 Å². The minimum absolute atomic E-state index is 0.0941. The Kier molecular flexibility index (Phi) is 9.11. The number of anilines is 1. The highest BCUT2D eigenvalue weighted by atomic mass is 32.2. The Balaban J connectivity index is 0.953. The minimum Gasteiger partial charge on any atom is -0.351 e. The van der Waals surface area contributed by atoms with Gasteiger partial charge in [0.05, 0.1) is 40.8 Å². The van der Waals surface area contributed by atoms with E-state index in [1.165, 1.54) is 18.0 Å². The highest BCUT2D eigenvalue weighted by molar-refractivity contribution is 7.89. The molecule has 0 saturated carbocycles. The zero-order valence-electron chi connectivity index (χ0n) is 25.5. The van der Waals surface area contributed by atoms with Crippen LogP contribution in [-0.4, -0.2) is 93.7 Å². The molecule has 0 spiro atoms. The number of nitrogens with one attached hydrogen (secondary N) is 2. The number of hydrogen-bond donors (Lipinski definition) is 2. The number of likely N-dealkylation sites (tertiary alicyclic amines) is 1. The first-order chi connectivity index (χ1) is 21.7. The lowest BCUT2D eigenvalue weighted by atomic mass is 9.88. The van der Waals surface area contributed by atoms with Crippen LogP contribution in [0.25, 0.3) is 10.9 Å². The number of nitrogens with zero attached hydrogens (tertiary/aromatic N) is 7. The average molecular weight is 634 g/mol. The number of piperidine rings is 3. The Morgan fingerprint density at radius 2 is 1.78 bits per heavy atom. The van der Waals surface area contributed by atoms with Gasteiger partial charge in [0.25, 0.3) is 0 Å². The molecule has 238 valence electrons. The van der Waals surface area contributed by atoms with Gasteiger partial charge in [-0.25, -0.2) is 22.7 Å². The summed E-state index contributed by atoms with van der Waals surface area (Å²) in [6, 6.07) is 8.48. The summed E-state index contributed by atoms with van der Waals surface area (Å²) < 4.78 is 29.6. The van der Waals surface area contributed by atoms with E-state index < -0.39 is 15.9 Å². The van der Waals surface area contributed by atoms with Gasteiger partial charge in [0.1, 0.15) is 6.07 Å². The van der Waals surface area contributed by atoms with Gasteiger partial charge in [-0.2, -0.15) is 10.4 Å². The maximum Gasteiger partial charge on any atom is 0.235 e. The van der Waals surface area contributed by atoms with Gasteiger partial charge < -0.3 is 10.2 Å². The molecule has 3 saturated heterocycles. The summed E-state index contributed by atoms with van der Waals surface area (Å²) in [7, 11) is -1.43. The van der Waals surface area contributed by atoms with Crippen molar-refractivity contribution in [2.45, 2.75) is 62.8 Å². The lowest BCUT2D eigenvalue weighted by Gasteiger charge is -2.33. The molecule has 3 fully saturated rings. The van der Waals surface area contributed by atoms with E-state index in [4.69, 9.17) is 5.26 Å². The van der Waals surface area contributed by atoms with E-state index in [1.54, 1.807) is 4.31 Å². The predicted molar refractivity (Wildman–Crippen MR) is 168 cm³/mol. The summed E-state index contributed by atoms with van der Waals surface area (Å²) in [5, 5.41) is 20.2. The van der Waals surface area contributed by atoms with Crippen LogP contribution in [0, 0.1) is 11.3 Å². The SMILES string of the molecule is Cn1nc(C2CCC(=O)NC2=O)c2ccc(C3CCN(CCCS(=O)(=O)N4CCC(Nc5ncc(C#N)cn5)CC4)CC3)cc21. The van der Waals surface area contributed by atoms with Gasteiger partial charge in [-0.05, 0) is 75.7 Å². The first-order valence-electron chi connectivity index (χ1n) is 15.7. The number of aryl methyl sites for hydroxylation is 1. The smallest absolute Gasteiger partial charge is 0.235 e. The van der Waals surface area contributed by atoms with Crippen LogP contribution >= 0.6 is 0 Å². The molecule has 13 nitrogen and oxygen atoms in total. The van der Waals surface area contributed by atoms with Crippen LogP contribution in [0.1, 0.15) is 73.6 Å². The normalized spacial score (nSPS) is 21.1. The van der Waals surface area contributed by atoms with Crippen LogP contribution in [0.5, 0.6) is 0 Å². The van der Waals surface area contributed by atoms with Crippen LogP contribution < -0.4 is 10.6 Å². The number of amides is 2. The number of carbonyl (C=O) groups is 2. The van der Waals surface area contributed by atoms with E-state index in [-0.39, 0.29) is 23.6 Å². The van der Waals surface area contributed by atoms with Gasteiger partial charge in [-0.15, -0.1) is 0 Å². The number of sulfonamides is 1. The molecule has 45 heavy (non-hydrogen) atoms. The Labute approximate surface area is 263 Å². The maximum atomic E-state index is 13.1. The molecule has 2 amide bonds. The number of hydrogen-bond acceptors (Lipinski definition) is 10. The number of aromatic nitrogens is 4. The van der Waals surface area contributed by atoms with Crippen molar-refractivity contribution < 1.29 is 18.0 Å². The Bertz CT molecular complexity index is 1700. The van der Waals surface area contributed by atoms with Crippen molar-refractivity contribution in [3.8, 4) is 6.07 Å². The molecule has 2 N–H and O–H groups in total. The summed E-state index contributed by atoms with van der Waals surface area (Å²) in [4.78, 5) is 34.7. The third kappa shape index (κ3) is 7.00. The lowest BCUT2D eigenvalue weighted by molar-refractivity contribution is -0.134. The van der Waals surface area contributed by atoms with E-state index in [9.17, 15) is 18.0 Å². The Morgan fingerprint density at radius 1 is 1.04 bits per heavy atom. The molecule has 0 aliphatic carbocycles. The summed E-state index contributed by atoms with van der Waals surface area (Å²) in [6.07, 6.45) is 7.71. The Morgan fingerprint density at radius 3 is 2.47 bits per heavy atom. The average Bonchev–Trinajstić information content (AvgIpc) is 3.37. The van der Waals surface area contributed by atoms with Crippen molar-refractivity contribution in [2.24, 2.45) is 7.05 Å². The monoisotopic (exact) mass is 633 g/mol. The van der Waals surface area contributed by atoms with Crippen molar-refractivity contribution in [3.05, 3.63) is 47.4 Å². The van der Waals surface area contributed by atoms with E-state index in [0.717, 1.165) is 49.1 Å². The molecular formula is C31H39N9O4S. The van der Waals surface area contributed by atoms with Crippen LogP contribution in [0.15, 0.2) is 30.6 Å². The summed E-state index contributed by atoms with van der Waals surface area (Å²) >= 11 is 0. The molecular weight excluding hydrogens is 594 g/mol. The molecule has 3 aliphatic heterocycles. The molecule has 5 heterocycles. The zero-order chi connectivity index (χ0) is 31.6. The standard InChI is InChI=1S/C31H39N9O4S/c1-38-27-17-23(3-4-25(27)29(37-38)26-5-6-28(41)36-30(26)42)22-7-12-39(13-8-22)11-2-16-45(43,44)40-14-9-24(10-15-40)35-31-33-19-21(18-32)20-34-31/h3-4,17,19-20,22,24,26H,2,5-16H2,1H3,(H,33,34,35)(H,36,41,42). The number of benzene rings is 1. The number of carbonyl (C=O) groups excluding carboxylic acids is 2. The summed E-state index contributed by atoms with van der Waals surface area (Å²) in [6.45, 7) is 3.54. The van der Waals surface area contributed by atoms with Crippen LogP contribution in [-0.2, 0) is 26.7 Å². The van der Waals surface area contributed by atoms with E-state index in [2.05, 4.69) is 48.8 Å². The highest BCUT2D eigenvalue weighted by Gasteiger charge is 2.32. The van der Waals surface area contributed by atoms with Crippen LogP contribution in [0.3, 0.4) is 0 Å². The first kappa shape index (κ1) is 31.1. The number of nitriles is 1. The number of imide groups is 1. The predicted octanol–water partition coefficient (Wildman–Crippen LogP) is 2.23. The second kappa shape index (κ2) is 13.2. The summed E-state index contributed by atoms with van der Waals surface area (Å²) in [5.41, 5.74) is 3.37. The quantitative estimate of drug-likeness (QED) is 0.334. The molecule has 6 rings (SSSR count). The fraction of sp³-hybridized carbons (Fsp3) is 0.548. The van der Waals surface area contributed by atoms with Gasteiger partial charge in [-0.3, -0.25) is 19.6 Å². The molecule has 1 aromatic carbocycles. The lowest BCUT2D eigenvalue weighted by Crippen LogP contribution is -2.44. The molecule has 0 bridgehead atoms. The third-order valence-corrected chi connectivity index (χ3v) is 11.3. The molecule has 3 aliphatic rings. The van der Waals surface area contributed by atoms with Crippen molar-refractivity contribution >= 4 is 38.7 Å². The van der Waals surface area contributed by atoms with Gasteiger partial charge in [0, 0.05) is 38.0 Å². The van der Waals surface area contributed by atoms with E-state index >= 15 is 0 Å². The van der Waals surface area contributed by atoms with E-state index in [1.807, 2.05) is 17.8 Å². The molecule has 3 aromatic rings. The molecule has 1 atom stereocenters.